The summed E-state index contributed by atoms with van der Waals surface area (Å²) in [7, 11) is 0. The van der Waals surface area contributed by atoms with Gasteiger partial charge < -0.3 is 9.63 Å². The largest absolute Gasteiger partial charge is 0.481 e. The maximum Gasteiger partial charge on any atom is 0.303 e. The van der Waals surface area contributed by atoms with Crippen molar-refractivity contribution >= 4 is 5.97 Å². The number of aromatic nitrogens is 3. The highest BCUT2D eigenvalue weighted by Gasteiger charge is 2.25. The Labute approximate surface area is 114 Å². The van der Waals surface area contributed by atoms with Crippen molar-refractivity contribution < 1.29 is 18.8 Å². The molecule has 0 fully saturated rings. The minimum Gasteiger partial charge on any atom is -0.481 e. The fraction of sp³-hybridized carbons (Fsp3) is 0.385. The van der Waals surface area contributed by atoms with Gasteiger partial charge in [0.05, 0.1) is 12.6 Å². The SMILES string of the molecule is CC(C)(CC(=O)O)Cc1nc(-c2ccc(F)cn2)no1. The lowest BCUT2D eigenvalue weighted by Gasteiger charge is -2.19. The van der Waals surface area contributed by atoms with E-state index in [1.54, 1.807) is 13.8 Å². The highest BCUT2D eigenvalue weighted by atomic mass is 19.1. The molecule has 0 atom stereocenters. The van der Waals surface area contributed by atoms with E-state index in [9.17, 15) is 9.18 Å². The van der Waals surface area contributed by atoms with Gasteiger partial charge in [0.1, 0.15) is 11.5 Å². The van der Waals surface area contributed by atoms with Crippen molar-refractivity contribution in [1.29, 1.82) is 0 Å². The molecule has 2 aromatic rings. The lowest BCUT2D eigenvalue weighted by molar-refractivity contribution is -0.139. The van der Waals surface area contributed by atoms with Crippen molar-refractivity contribution in [3.63, 3.8) is 0 Å². The van der Waals surface area contributed by atoms with E-state index in [0.717, 1.165) is 6.20 Å². The first-order chi connectivity index (χ1) is 9.35. The summed E-state index contributed by atoms with van der Waals surface area (Å²) >= 11 is 0. The first kappa shape index (κ1) is 14.1. The smallest absolute Gasteiger partial charge is 0.303 e. The first-order valence-corrected chi connectivity index (χ1v) is 6.02. The van der Waals surface area contributed by atoms with Gasteiger partial charge in [0.2, 0.25) is 11.7 Å². The first-order valence-electron chi connectivity index (χ1n) is 6.02. The molecule has 0 unspecified atom stereocenters. The van der Waals surface area contributed by atoms with Gasteiger partial charge in [-0.3, -0.25) is 4.79 Å². The topological polar surface area (TPSA) is 89.1 Å². The van der Waals surface area contributed by atoms with Gasteiger partial charge in [-0.05, 0) is 17.5 Å². The van der Waals surface area contributed by atoms with Crippen molar-refractivity contribution in [2.45, 2.75) is 26.7 Å². The van der Waals surface area contributed by atoms with E-state index in [4.69, 9.17) is 9.63 Å². The molecule has 0 amide bonds. The molecule has 0 saturated heterocycles. The van der Waals surface area contributed by atoms with E-state index >= 15 is 0 Å². The van der Waals surface area contributed by atoms with Crippen molar-refractivity contribution in [3.8, 4) is 11.5 Å². The number of carbonyl (C=O) groups is 1. The molecule has 0 saturated carbocycles. The van der Waals surface area contributed by atoms with Crippen molar-refractivity contribution in [3.05, 3.63) is 30.0 Å². The normalized spacial score (nSPS) is 11.6. The monoisotopic (exact) mass is 279 g/mol. The van der Waals surface area contributed by atoms with Crippen molar-refractivity contribution in [1.82, 2.24) is 15.1 Å². The Bertz CT molecular complexity index is 608. The number of aliphatic carboxylic acids is 1. The summed E-state index contributed by atoms with van der Waals surface area (Å²) in [6, 6.07) is 2.71. The van der Waals surface area contributed by atoms with Gasteiger partial charge in [0, 0.05) is 6.42 Å². The minimum absolute atomic E-state index is 0.000485. The molecule has 0 radical (unpaired) electrons. The van der Waals surface area contributed by atoms with Gasteiger partial charge in [0.25, 0.3) is 0 Å². The van der Waals surface area contributed by atoms with Gasteiger partial charge in [-0.25, -0.2) is 9.37 Å². The number of halogens is 1. The van der Waals surface area contributed by atoms with Crippen LogP contribution in [-0.2, 0) is 11.2 Å². The molecule has 20 heavy (non-hydrogen) atoms. The summed E-state index contributed by atoms with van der Waals surface area (Å²) in [5.41, 5.74) is -0.0938. The summed E-state index contributed by atoms with van der Waals surface area (Å²) in [4.78, 5) is 18.8. The van der Waals surface area contributed by atoms with E-state index in [1.165, 1.54) is 12.1 Å². The molecule has 0 aliphatic heterocycles. The van der Waals surface area contributed by atoms with Gasteiger partial charge in [-0.1, -0.05) is 19.0 Å². The third-order valence-corrected chi connectivity index (χ3v) is 2.68. The molecular weight excluding hydrogens is 265 g/mol. The molecule has 0 bridgehead atoms. The van der Waals surface area contributed by atoms with Crippen LogP contribution in [0.15, 0.2) is 22.9 Å². The Morgan fingerprint density at radius 3 is 2.80 bits per heavy atom. The number of rotatable bonds is 5. The third-order valence-electron chi connectivity index (χ3n) is 2.68. The Hall–Kier alpha value is -2.31. The third kappa shape index (κ3) is 3.59. The van der Waals surface area contributed by atoms with Crippen molar-refractivity contribution in [2.75, 3.05) is 0 Å². The van der Waals surface area contributed by atoms with E-state index in [1.807, 2.05) is 0 Å². The average Bonchev–Trinajstić information content (AvgIpc) is 2.75. The van der Waals surface area contributed by atoms with E-state index < -0.39 is 17.2 Å². The predicted octanol–water partition coefficient (Wildman–Crippen LogP) is 2.31. The number of pyridine rings is 1. The molecule has 0 spiro atoms. The summed E-state index contributed by atoms with van der Waals surface area (Å²) in [6.07, 6.45) is 1.41. The van der Waals surface area contributed by atoms with Gasteiger partial charge in [-0.2, -0.15) is 4.98 Å². The Morgan fingerprint density at radius 1 is 1.45 bits per heavy atom. The van der Waals surface area contributed by atoms with Crippen LogP contribution in [-0.4, -0.2) is 26.2 Å². The fourth-order valence-corrected chi connectivity index (χ4v) is 1.82. The van der Waals surface area contributed by atoms with E-state index in [2.05, 4.69) is 15.1 Å². The van der Waals surface area contributed by atoms with Crippen LogP contribution in [0, 0.1) is 11.2 Å². The molecule has 0 aliphatic carbocycles. The second-order valence-electron chi connectivity index (χ2n) is 5.28. The zero-order valence-corrected chi connectivity index (χ0v) is 11.1. The zero-order chi connectivity index (χ0) is 14.8. The summed E-state index contributed by atoms with van der Waals surface area (Å²) in [6.45, 7) is 3.61. The average molecular weight is 279 g/mol. The number of carboxylic acids is 1. The molecule has 6 nitrogen and oxygen atoms in total. The minimum atomic E-state index is -0.880. The summed E-state index contributed by atoms with van der Waals surface area (Å²) < 4.78 is 17.8. The lowest BCUT2D eigenvalue weighted by atomic mass is 9.86. The Morgan fingerprint density at radius 2 is 2.20 bits per heavy atom. The number of hydrogen-bond donors (Lipinski definition) is 1. The van der Waals surface area contributed by atoms with Crippen LogP contribution < -0.4 is 0 Å². The van der Waals surface area contributed by atoms with Gasteiger partial charge in [0.15, 0.2) is 0 Å². The molecular formula is C13H14FN3O3. The highest BCUT2D eigenvalue weighted by molar-refractivity contribution is 5.67. The van der Waals surface area contributed by atoms with Gasteiger partial charge in [-0.15, -0.1) is 0 Å². The van der Waals surface area contributed by atoms with Crippen LogP contribution in [0.1, 0.15) is 26.2 Å². The van der Waals surface area contributed by atoms with Crippen LogP contribution in [0.2, 0.25) is 0 Å². The lowest BCUT2D eigenvalue weighted by Crippen LogP contribution is -2.19. The Kier molecular flexibility index (Phi) is 3.78. The van der Waals surface area contributed by atoms with Crippen LogP contribution in [0.4, 0.5) is 4.39 Å². The highest BCUT2D eigenvalue weighted by Crippen LogP contribution is 2.26. The number of carboxylic acid groups (broad SMARTS) is 1. The van der Waals surface area contributed by atoms with E-state index in [-0.39, 0.29) is 12.2 Å². The molecule has 2 aromatic heterocycles. The molecule has 2 heterocycles. The summed E-state index contributed by atoms with van der Waals surface area (Å²) in [5, 5.41) is 12.6. The second kappa shape index (κ2) is 5.36. The maximum atomic E-state index is 12.8. The quantitative estimate of drug-likeness (QED) is 0.903. The maximum absolute atomic E-state index is 12.8. The molecule has 7 heteroatoms. The van der Waals surface area contributed by atoms with Crippen molar-refractivity contribution in [2.24, 2.45) is 5.41 Å². The van der Waals surface area contributed by atoms with Gasteiger partial charge >= 0.3 is 5.97 Å². The summed E-state index contributed by atoms with van der Waals surface area (Å²) in [5.74, 6) is -0.738. The fourth-order valence-electron chi connectivity index (χ4n) is 1.82. The molecule has 106 valence electrons. The van der Waals surface area contributed by atoms with Crippen LogP contribution in [0.25, 0.3) is 11.5 Å². The molecule has 0 aliphatic rings. The number of hydrogen-bond acceptors (Lipinski definition) is 5. The Balaban J connectivity index is 2.13. The predicted molar refractivity (Wildman–Crippen MR) is 67.2 cm³/mol. The number of nitrogens with zero attached hydrogens (tertiary/aromatic N) is 3. The van der Waals surface area contributed by atoms with Crippen LogP contribution in [0.3, 0.4) is 0 Å². The standard InChI is InChI=1S/C13H14FN3O3/c1-13(2,6-11(18)19)5-10-16-12(17-20-10)9-4-3-8(14)7-15-9/h3-4,7H,5-6H2,1-2H3,(H,18,19). The van der Waals surface area contributed by atoms with E-state index in [0.29, 0.717) is 18.0 Å². The molecule has 1 N–H and O–H groups in total. The van der Waals surface area contributed by atoms with Crippen LogP contribution >= 0.6 is 0 Å². The molecule has 2 rings (SSSR count). The zero-order valence-electron chi connectivity index (χ0n) is 11.1. The second-order valence-corrected chi connectivity index (χ2v) is 5.28. The molecule has 0 aromatic carbocycles. The van der Waals surface area contributed by atoms with Crippen LogP contribution in [0.5, 0.6) is 0 Å².